The van der Waals surface area contributed by atoms with Gasteiger partial charge in [-0.1, -0.05) is 0 Å². The van der Waals surface area contributed by atoms with Gasteiger partial charge in [-0.25, -0.2) is 0 Å². The highest BCUT2D eigenvalue weighted by atomic mass is 79.9. The average molecular weight is 456 g/mol. The minimum absolute atomic E-state index is 0.0376. The zero-order chi connectivity index (χ0) is 13.1. The summed E-state index contributed by atoms with van der Waals surface area (Å²) in [4.78, 5) is 4.36. The predicted octanol–water partition coefficient (Wildman–Crippen LogP) is 4.18. The van der Waals surface area contributed by atoms with E-state index in [0.29, 0.717) is 0 Å². The summed E-state index contributed by atoms with van der Waals surface area (Å²) in [5.74, 6) is 5.64. The van der Waals surface area contributed by atoms with Crippen LogP contribution in [0.5, 0.6) is 0 Å². The average Bonchev–Trinajstić information content (AvgIpc) is 2.68. The summed E-state index contributed by atoms with van der Waals surface area (Å²) >= 11 is 12.0. The Morgan fingerprint density at radius 2 is 2.11 bits per heavy atom. The fourth-order valence-electron chi connectivity index (χ4n) is 1.59. The van der Waals surface area contributed by atoms with Crippen LogP contribution in [0.3, 0.4) is 0 Å². The number of hydrazine groups is 1. The van der Waals surface area contributed by atoms with Gasteiger partial charge in [0, 0.05) is 22.8 Å². The Balaban J connectivity index is 2.19. The van der Waals surface area contributed by atoms with E-state index in [0.717, 1.165) is 29.7 Å². The Bertz CT molecular complexity index is 527. The van der Waals surface area contributed by atoms with Crippen molar-refractivity contribution in [2.75, 3.05) is 0 Å². The number of thiophene rings is 1. The van der Waals surface area contributed by atoms with Crippen molar-refractivity contribution in [2.45, 2.75) is 12.5 Å². The van der Waals surface area contributed by atoms with Crippen LogP contribution in [-0.2, 0) is 6.42 Å². The molecule has 0 aliphatic rings. The number of nitrogens with zero attached hydrogens (tertiary/aromatic N) is 1. The van der Waals surface area contributed by atoms with Gasteiger partial charge < -0.3 is 0 Å². The SMILES string of the molecule is NNC(Cc1ccc(Br)cn1)c1cc(Br)sc1Br. The standard InChI is InChI=1S/C11H10Br3N3S/c12-6-1-2-7(16-5-6)3-9(17-15)8-4-10(13)18-11(8)14/h1-2,4-5,9,17H,3,15H2. The molecule has 0 aromatic carbocycles. The number of hydrogen-bond donors (Lipinski definition) is 2. The molecule has 7 heteroatoms. The van der Waals surface area contributed by atoms with Crippen LogP contribution in [0, 0.1) is 0 Å². The molecular formula is C11H10Br3N3S. The lowest BCUT2D eigenvalue weighted by Crippen LogP contribution is -2.29. The highest BCUT2D eigenvalue weighted by molar-refractivity contribution is 9.12. The molecule has 2 aromatic rings. The molecule has 0 fully saturated rings. The first-order valence-corrected chi connectivity index (χ1v) is 8.31. The Hall–Kier alpha value is 0.210. The van der Waals surface area contributed by atoms with Crippen LogP contribution in [0.2, 0.25) is 0 Å². The second-order valence-electron chi connectivity index (χ2n) is 3.67. The molecule has 0 saturated heterocycles. The smallest absolute Gasteiger partial charge is 0.0758 e. The Kier molecular flexibility index (Phi) is 5.35. The minimum Gasteiger partial charge on any atom is -0.271 e. The molecule has 18 heavy (non-hydrogen) atoms. The van der Waals surface area contributed by atoms with E-state index in [2.05, 4.69) is 64.3 Å². The first-order chi connectivity index (χ1) is 8.60. The fraction of sp³-hybridized carbons (Fsp3) is 0.182. The van der Waals surface area contributed by atoms with Gasteiger partial charge >= 0.3 is 0 Å². The van der Waals surface area contributed by atoms with Gasteiger partial charge in [-0.15, -0.1) is 11.3 Å². The van der Waals surface area contributed by atoms with E-state index < -0.39 is 0 Å². The lowest BCUT2D eigenvalue weighted by Gasteiger charge is -2.15. The zero-order valence-corrected chi connectivity index (χ0v) is 14.7. The van der Waals surface area contributed by atoms with Crippen LogP contribution in [0.1, 0.15) is 17.3 Å². The topological polar surface area (TPSA) is 50.9 Å². The molecule has 2 aromatic heterocycles. The second kappa shape index (κ2) is 6.58. The lowest BCUT2D eigenvalue weighted by atomic mass is 10.1. The fourth-order valence-corrected chi connectivity index (χ4v) is 4.79. The summed E-state index contributed by atoms with van der Waals surface area (Å²) in [7, 11) is 0. The Morgan fingerprint density at radius 3 is 2.61 bits per heavy atom. The molecule has 3 N–H and O–H groups in total. The number of nitrogens with two attached hydrogens (primary N) is 1. The summed E-state index contributed by atoms with van der Waals surface area (Å²) in [6, 6.07) is 6.08. The molecule has 0 aliphatic carbocycles. The number of halogens is 3. The van der Waals surface area contributed by atoms with Crippen LogP contribution in [0.15, 0.2) is 36.4 Å². The third-order valence-corrected chi connectivity index (χ3v) is 5.32. The summed E-state index contributed by atoms with van der Waals surface area (Å²) in [5, 5.41) is 0. The molecule has 0 saturated carbocycles. The summed E-state index contributed by atoms with van der Waals surface area (Å²) < 4.78 is 3.13. The van der Waals surface area contributed by atoms with Crippen LogP contribution in [0.4, 0.5) is 0 Å². The number of rotatable bonds is 4. The van der Waals surface area contributed by atoms with Gasteiger partial charge in [-0.3, -0.25) is 16.3 Å². The van der Waals surface area contributed by atoms with Gasteiger partial charge in [0.05, 0.1) is 13.6 Å². The van der Waals surface area contributed by atoms with Crippen LogP contribution in [-0.4, -0.2) is 4.98 Å². The molecule has 2 heterocycles. The van der Waals surface area contributed by atoms with Crippen LogP contribution in [0.25, 0.3) is 0 Å². The lowest BCUT2D eigenvalue weighted by molar-refractivity contribution is 0.545. The normalized spacial score (nSPS) is 12.7. The highest BCUT2D eigenvalue weighted by Gasteiger charge is 2.17. The molecule has 96 valence electrons. The van der Waals surface area contributed by atoms with Crippen molar-refractivity contribution in [1.29, 1.82) is 0 Å². The van der Waals surface area contributed by atoms with Crippen molar-refractivity contribution in [1.82, 2.24) is 10.4 Å². The van der Waals surface area contributed by atoms with E-state index >= 15 is 0 Å². The highest BCUT2D eigenvalue weighted by Crippen LogP contribution is 2.36. The van der Waals surface area contributed by atoms with Gasteiger partial charge in [-0.2, -0.15) is 0 Å². The van der Waals surface area contributed by atoms with E-state index in [1.54, 1.807) is 17.5 Å². The minimum atomic E-state index is 0.0376. The quantitative estimate of drug-likeness (QED) is 0.537. The largest absolute Gasteiger partial charge is 0.271 e. The third kappa shape index (κ3) is 3.61. The Morgan fingerprint density at radius 1 is 1.33 bits per heavy atom. The third-order valence-electron chi connectivity index (χ3n) is 2.46. The molecule has 0 aliphatic heterocycles. The van der Waals surface area contributed by atoms with Gasteiger partial charge in [0.25, 0.3) is 0 Å². The van der Waals surface area contributed by atoms with E-state index in [-0.39, 0.29) is 6.04 Å². The maximum atomic E-state index is 5.64. The predicted molar refractivity (Wildman–Crippen MR) is 85.4 cm³/mol. The maximum Gasteiger partial charge on any atom is 0.0758 e. The summed E-state index contributed by atoms with van der Waals surface area (Å²) in [5.41, 5.74) is 4.97. The van der Waals surface area contributed by atoms with Crippen LogP contribution < -0.4 is 11.3 Å². The summed E-state index contributed by atoms with van der Waals surface area (Å²) in [6.45, 7) is 0. The van der Waals surface area contributed by atoms with E-state index in [4.69, 9.17) is 5.84 Å². The van der Waals surface area contributed by atoms with E-state index in [1.165, 1.54) is 0 Å². The van der Waals surface area contributed by atoms with Crippen LogP contribution >= 0.6 is 59.1 Å². The van der Waals surface area contributed by atoms with E-state index in [1.807, 2.05) is 12.1 Å². The Labute approximate surface area is 135 Å². The number of nitrogens with one attached hydrogen (secondary N) is 1. The van der Waals surface area contributed by atoms with Gasteiger partial charge in [0.1, 0.15) is 0 Å². The van der Waals surface area contributed by atoms with Crippen molar-refractivity contribution < 1.29 is 0 Å². The molecular weight excluding hydrogens is 446 g/mol. The van der Waals surface area contributed by atoms with E-state index in [9.17, 15) is 0 Å². The molecule has 0 spiro atoms. The molecule has 3 nitrogen and oxygen atoms in total. The molecule has 0 amide bonds. The molecule has 0 radical (unpaired) electrons. The van der Waals surface area contributed by atoms with Crippen molar-refractivity contribution in [3.05, 3.63) is 47.7 Å². The number of hydrogen-bond acceptors (Lipinski definition) is 4. The number of aromatic nitrogens is 1. The van der Waals surface area contributed by atoms with Gasteiger partial charge in [-0.05, 0) is 71.6 Å². The van der Waals surface area contributed by atoms with Crippen molar-refractivity contribution in [2.24, 2.45) is 5.84 Å². The molecule has 1 unspecified atom stereocenters. The first-order valence-electron chi connectivity index (χ1n) is 5.11. The monoisotopic (exact) mass is 453 g/mol. The number of pyridine rings is 1. The van der Waals surface area contributed by atoms with Crippen molar-refractivity contribution in [3.8, 4) is 0 Å². The van der Waals surface area contributed by atoms with Crippen molar-refractivity contribution >= 4 is 59.1 Å². The van der Waals surface area contributed by atoms with Crippen molar-refractivity contribution in [3.63, 3.8) is 0 Å². The summed E-state index contributed by atoms with van der Waals surface area (Å²) in [6.07, 6.45) is 2.53. The van der Waals surface area contributed by atoms with Gasteiger partial charge in [0.2, 0.25) is 0 Å². The molecule has 2 rings (SSSR count). The first kappa shape index (κ1) is 14.6. The zero-order valence-electron chi connectivity index (χ0n) is 9.16. The maximum absolute atomic E-state index is 5.64. The van der Waals surface area contributed by atoms with Gasteiger partial charge in [0.15, 0.2) is 0 Å². The second-order valence-corrected chi connectivity index (χ2v) is 8.34. The molecule has 0 bridgehead atoms. The molecule has 1 atom stereocenters.